The maximum Gasteiger partial charge on any atom is 0.244 e. The van der Waals surface area contributed by atoms with Crippen molar-refractivity contribution < 1.29 is 13.2 Å². The van der Waals surface area contributed by atoms with Crippen LogP contribution >= 0.6 is 0 Å². The summed E-state index contributed by atoms with van der Waals surface area (Å²) in [6.45, 7) is 2.23. The zero-order valence-corrected chi connectivity index (χ0v) is 9.70. The number of hydrogen-bond acceptors (Lipinski definition) is 3. The van der Waals surface area contributed by atoms with Crippen LogP contribution in [0.2, 0.25) is 0 Å². The van der Waals surface area contributed by atoms with Crippen molar-refractivity contribution in [3.05, 3.63) is 41.8 Å². The molecule has 0 aromatic heterocycles. The van der Waals surface area contributed by atoms with Crippen molar-refractivity contribution in [2.45, 2.75) is 11.8 Å². The predicted molar refractivity (Wildman–Crippen MR) is 61.5 cm³/mol. The van der Waals surface area contributed by atoms with E-state index in [1.165, 1.54) is 12.1 Å². The second kappa shape index (κ2) is 5.46. The van der Waals surface area contributed by atoms with E-state index in [9.17, 15) is 13.2 Å². The third-order valence-corrected chi connectivity index (χ3v) is 3.24. The van der Waals surface area contributed by atoms with Crippen molar-refractivity contribution in [2.24, 2.45) is 0 Å². The molecule has 0 bridgehead atoms. The highest BCUT2D eigenvalue weighted by Gasteiger charge is 2.09. The lowest BCUT2D eigenvalue weighted by atomic mass is 10.4. The van der Waals surface area contributed by atoms with Crippen LogP contribution in [0.4, 0.5) is 0 Å². The lowest BCUT2D eigenvalue weighted by molar-refractivity contribution is -0.116. The van der Waals surface area contributed by atoms with E-state index < -0.39 is 15.7 Å². The minimum atomic E-state index is -3.52. The first-order valence-electron chi connectivity index (χ1n) is 4.82. The van der Waals surface area contributed by atoms with Gasteiger partial charge in [-0.3, -0.25) is 4.79 Å². The fraction of sp³-hybridized carbons (Fsp3) is 0.182. The Labute approximate surface area is 94.9 Å². The van der Waals surface area contributed by atoms with Gasteiger partial charge in [0.25, 0.3) is 0 Å². The molecular weight excluding hydrogens is 226 g/mol. The van der Waals surface area contributed by atoms with Gasteiger partial charge in [-0.25, -0.2) is 8.42 Å². The number of nitrogens with one attached hydrogen (secondary N) is 1. The minimum Gasteiger partial charge on any atom is -0.353 e. The molecule has 0 radical (unpaired) electrons. The highest BCUT2D eigenvalue weighted by Crippen LogP contribution is 2.10. The molecule has 0 atom stereocenters. The van der Waals surface area contributed by atoms with Crippen molar-refractivity contribution in [1.82, 2.24) is 5.32 Å². The van der Waals surface area contributed by atoms with E-state index in [1.807, 2.05) is 0 Å². The third kappa shape index (κ3) is 3.51. The second-order valence-electron chi connectivity index (χ2n) is 3.06. The van der Waals surface area contributed by atoms with E-state index in [-0.39, 0.29) is 4.90 Å². The van der Waals surface area contributed by atoms with E-state index in [4.69, 9.17) is 0 Å². The van der Waals surface area contributed by atoms with Gasteiger partial charge in [0.05, 0.1) is 4.90 Å². The molecule has 86 valence electrons. The molecule has 16 heavy (non-hydrogen) atoms. The Balaban J connectivity index is 2.85. The first kappa shape index (κ1) is 12.4. The smallest absolute Gasteiger partial charge is 0.244 e. The number of benzene rings is 1. The summed E-state index contributed by atoms with van der Waals surface area (Å²) >= 11 is 0. The van der Waals surface area contributed by atoms with Crippen LogP contribution in [0.25, 0.3) is 0 Å². The fourth-order valence-corrected chi connectivity index (χ4v) is 2.07. The molecule has 1 aromatic carbocycles. The molecule has 0 heterocycles. The molecule has 4 nitrogen and oxygen atoms in total. The van der Waals surface area contributed by atoms with E-state index in [2.05, 4.69) is 5.32 Å². The summed E-state index contributed by atoms with van der Waals surface area (Å²) in [5.41, 5.74) is 0. The Bertz CT molecular complexity index is 477. The molecule has 0 aliphatic rings. The normalized spacial score (nSPS) is 11.6. The van der Waals surface area contributed by atoms with Crippen LogP contribution in [0, 0.1) is 0 Å². The average Bonchev–Trinajstić information content (AvgIpc) is 2.28. The number of rotatable bonds is 4. The molecule has 5 heteroatoms. The molecule has 0 fully saturated rings. The van der Waals surface area contributed by atoms with Gasteiger partial charge in [0.2, 0.25) is 5.91 Å². The van der Waals surface area contributed by atoms with Crippen LogP contribution in [-0.2, 0) is 14.6 Å². The van der Waals surface area contributed by atoms with Crippen LogP contribution in [-0.4, -0.2) is 20.9 Å². The van der Waals surface area contributed by atoms with Gasteiger partial charge < -0.3 is 5.32 Å². The monoisotopic (exact) mass is 239 g/mol. The van der Waals surface area contributed by atoms with Crippen LogP contribution in [0.1, 0.15) is 6.92 Å². The third-order valence-electron chi connectivity index (χ3n) is 1.82. The fourth-order valence-electron chi connectivity index (χ4n) is 1.07. The van der Waals surface area contributed by atoms with Gasteiger partial charge in [-0.15, -0.1) is 0 Å². The van der Waals surface area contributed by atoms with Crippen molar-refractivity contribution in [2.75, 3.05) is 6.54 Å². The number of likely N-dealkylation sites (N-methyl/N-ethyl adjacent to an activating group) is 1. The summed E-state index contributed by atoms with van der Waals surface area (Å²) in [6.07, 6.45) is 1.02. The van der Waals surface area contributed by atoms with Crippen LogP contribution in [0.5, 0.6) is 0 Å². The van der Waals surface area contributed by atoms with Crippen molar-refractivity contribution in [1.29, 1.82) is 0 Å². The van der Waals surface area contributed by atoms with Crippen molar-refractivity contribution in [3.8, 4) is 0 Å². The quantitative estimate of drug-likeness (QED) is 0.800. The SMILES string of the molecule is CCNC(=O)C=CS(=O)(=O)c1ccccc1. The predicted octanol–water partition coefficient (Wildman–Crippen LogP) is 1.11. The molecule has 0 saturated heterocycles. The van der Waals surface area contributed by atoms with E-state index >= 15 is 0 Å². The van der Waals surface area contributed by atoms with Gasteiger partial charge in [0.1, 0.15) is 0 Å². The average molecular weight is 239 g/mol. The number of sulfone groups is 1. The molecule has 1 amide bonds. The van der Waals surface area contributed by atoms with Crippen LogP contribution in [0.3, 0.4) is 0 Å². The standard InChI is InChI=1S/C11H13NO3S/c1-2-12-11(13)8-9-16(14,15)10-6-4-3-5-7-10/h3-9H,2H2,1H3,(H,12,13). The van der Waals surface area contributed by atoms with E-state index in [0.29, 0.717) is 6.54 Å². The maximum atomic E-state index is 11.7. The molecule has 0 spiro atoms. The van der Waals surface area contributed by atoms with Crippen LogP contribution < -0.4 is 5.32 Å². The Morgan fingerprint density at radius 3 is 2.50 bits per heavy atom. The van der Waals surface area contributed by atoms with Gasteiger partial charge in [-0.2, -0.15) is 0 Å². The molecule has 0 aliphatic carbocycles. The molecule has 1 N–H and O–H groups in total. The Morgan fingerprint density at radius 1 is 1.31 bits per heavy atom. The molecule has 1 rings (SSSR count). The summed E-state index contributed by atoms with van der Waals surface area (Å²) in [7, 11) is -3.52. The lowest BCUT2D eigenvalue weighted by Gasteiger charge is -1.98. The zero-order valence-electron chi connectivity index (χ0n) is 8.88. The van der Waals surface area contributed by atoms with Gasteiger partial charge in [-0.1, -0.05) is 18.2 Å². The number of hydrogen-bond donors (Lipinski definition) is 1. The topological polar surface area (TPSA) is 63.2 Å². The van der Waals surface area contributed by atoms with Gasteiger partial charge >= 0.3 is 0 Å². The summed E-state index contributed by atoms with van der Waals surface area (Å²) in [5, 5.41) is 3.39. The number of carbonyl (C=O) groups is 1. The molecule has 0 aliphatic heterocycles. The van der Waals surface area contributed by atoms with E-state index in [1.54, 1.807) is 25.1 Å². The number of amides is 1. The summed E-state index contributed by atoms with van der Waals surface area (Å²) < 4.78 is 23.3. The van der Waals surface area contributed by atoms with Gasteiger partial charge in [0.15, 0.2) is 9.84 Å². The first-order valence-corrected chi connectivity index (χ1v) is 6.37. The first-order chi connectivity index (χ1) is 7.56. The second-order valence-corrected chi connectivity index (χ2v) is 4.89. The van der Waals surface area contributed by atoms with Gasteiger partial charge in [0, 0.05) is 18.0 Å². The summed E-state index contributed by atoms with van der Waals surface area (Å²) in [5.74, 6) is -0.415. The van der Waals surface area contributed by atoms with Crippen LogP contribution in [0.15, 0.2) is 46.7 Å². The largest absolute Gasteiger partial charge is 0.353 e. The number of carbonyl (C=O) groups excluding carboxylic acids is 1. The molecule has 1 aromatic rings. The highest BCUT2D eigenvalue weighted by molar-refractivity contribution is 7.94. The van der Waals surface area contributed by atoms with Gasteiger partial charge in [-0.05, 0) is 19.1 Å². The van der Waals surface area contributed by atoms with Crippen molar-refractivity contribution >= 4 is 15.7 Å². The zero-order chi connectivity index (χ0) is 12.0. The molecule has 0 unspecified atom stereocenters. The Morgan fingerprint density at radius 2 is 1.94 bits per heavy atom. The van der Waals surface area contributed by atoms with Crippen molar-refractivity contribution in [3.63, 3.8) is 0 Å². The summed E-state index contributed by atoms with van der Waals surface area (Å²) in [4.78, 5) is 11.2. The lowest BCUT2D eigenvalue weighted by Crippen LogP contribution is -2.20. The highest BCUT2D eigenvalue weighted by atomic mass is 32.2. The molecular formula is C11H13NO3S. The Hall–Kier alpha value is -1.62. The maximum absolute atomic E-state index is 11.7. The minimum absolute atomic E-state index is 0.176. The van der Waals surface area contributed by atoms with E-state index in [0.717, 1.165) is 11.5 Å². The summed E-state index contributed by atoms with van der Waals surface area (Å²) in [6, 6.07) is 7.96. The Kier molecular flexibility index (Phi) is 4.25. The molecule has 0 saturated carbocycles.